The van der Waals surface area contributed by atoms with Crippen LogP contribution in [-0.4, -0.2) is 44.0 Å². The van der Waals surface area contributed by atoms with Crippen molar-refractivity contribution in [2.75, 3.05) is 20.3 Å². The second-order valence-corrected chi connectivity index (χ2v) is 10.6. The molecule has 0 amide bonds. The molecule has 1 aromatic heterocycles. The van der Waals surface area contributed by atoms with Gasteiger partial charge in [-0.05, 0) is 48.0 Å². The molecule has 3 aromatic carbocycles. The van der Waals surface area contributed by atoms with Gasteiger partial charge in [-0.1, -0.05) is 18.2 Å². The summed E-state index contributed by atoms with van der Waals surface area (Å²) in [6.45, 7) is 0.350. The zero-order chi connectivity index (χ0) is 26.9. The zero-order valence-electron chi connectivity index (χ0n) is 20.3. The normalized spacial score (nSPS) is 13.0. The molecular weight excluding hydrogens is 515 g/mol. The summed E-state index contributed by atoms with van der Waals surface area (Å²) in [7, 11) is -3.02. The average Bonchev–Trinajstić information content (AvgIpc) is 2.92. The summed E-state index contributed by atoms with van der Waals surface area (Å²) in [4.78, 5) is 27.7. The van der Waals surface area contributed by atoms with Gasteiger partial charge in [0.25, 0.3) is 5.56 Å². The minimum Gasteiger partial charge on any atom is -0.486 e. The number of nitrogens with one attached hydrogen (secondary N) is 1. The van der Waals surface area contributed by atoms with E-state index >= 15 is 0 Å². The fraction of sp³-hybridized carbons (Fsp3) is 0.185. The first-order valence-corrected chi connectivity index (χ1v) is 13.1. The highest BCUT2D eigenvalue weighted by Crippen LogP contribution is 2.34. The van der Waals surface area contributed by atoms with Crippen LogP contribution in [-0.2, 0) is 27.8 Å². The average molecular weight is 539 g/mol. The van der Waals surface area contributed by atoms with Crippen molar-refractivity contribution in [3.8, 4) is 11.5 Å². The molecule has 0 bridgehead atoms. The van der Waals surface area contributed by atoms with E-state index in [1.54, 1.807) is 18.2 Å². The van der Waals surface area contributed by atoms with Crippen LogP contribution in [0.3, 0.4) is 0 Å². The summed E-state index contributed by atoms with van der Waals surface area (Å²) in [5.74, 6) is -0.114. The maximum absolute atomic E-state index is 13.8. The van der Waals surface area contributed by atoms with E-state index in [0.717, 1.165) is 4.31 Å². The van der Waals surface area contributed by atoms with Gasteiger partial charge in [0, 0.05) is 30.1 Å². The van der Waals surface area contributed by atoms with Gasteiger partial charge in [-0.2, -0.15) is 4.31 Å². The molecule has 0 aliphatic carbocycles. The molecular formula is C27H23FN2O7S. The Labute approximate surface area is 217 Å². The summed E-state index contributed by atoms with van der Waals surface area (Å²) in [5.41, 5.74) is 0.796. The van der Waals surface area contributed by atoms with Crippen LogP contribution in [0.25, 0.3) is 10.9 Å². The molecule has 196 valence electrons. The molecule has 9 nitrogen and oxygen atoms in total. The zero-order valence-corrected chi connectivity index (χ0v) is 21.1. The molecule has 0 spiro atoms. The lowest BCUT2D eigenvalue weighted by molar-refractivity contribution is 0.0600. The molecule has 11 heteroatoms. The van der Waals surface area contributed by atoms with Crippen LogP contribution in [0.1, 0.15) is 21.5 Å². The van der Waals surface area contributed by atoms with Crippen LogP contribution in [0, 0.1) is 5.82 Å². The highest BCUT2D eigenvalue weighted by Gasteiger charge is 2.27. The molecule has 0 saturated heterocycles. The van der Waals surface area contributed by atoms with Gasteiger partial charge in [-0.3, -0.25) is 4.79 Å². The van der Waals surface area contributed by atoms with Crippen molar-refractivity contribution in [2.24, 2.45) is 0 Å². The molecule has 0 radical (unpaired) electrons. The summed E-state index contributed by atoms with van der Waals surface area (Å²) in [6.07, 6.45) is 0. The number of fused-ring (bicyclic) bond motifs is 2. The fourth-order valence-electron chi connectivity index (χ4n) is 4.17. The minimum atomic E-state index is -4.22. The number of carbonyl (C=O) groups excluding carboxylic acids is 1. The van der Waals surface area contributed by atoms with Crippen molar-refractivity contribution in [3.05, 3.63) is 99.6 Å². The molecule has 0 unspecified atom stereocenters. The SMILES string of the molecule is COC(=O)c1cccc(S(=O)(=O)N(Cc2ccc(F)cc2)Cc2cc3cc4c(cc3[nH]c2=O)OCCO4)c1. The number of carbonyl (C=O) groups is 1. The first kappa shape index (κ1) is 25.4. The third-order valence-corrected chi connectivity index (χ3v) is 7.88. The molecule has 5 rings (SSSR count). The van der Waals surface area contributed by atoms with E-state index in [2.05, 4.69) is 4.98 Å². The molecule has 4 aromatic rings. The number of methoxy groups -OCH3 is 1. The van der Waals surface area contributed by atoms with Crippen LogP contribution in [0.4, 0.5) is 4.39 Å². The Kier molecular flexibility index (Phi) is 6.87. The number of ether oxygens (including phenoxy) is 3. The Morgan fingerprint density at radius 1 is 1.00 bits per heavy atom. The number of rotatable bonds is 7. The molecule has 2 heterocycles. The van der Waals surface area contributed by atoms with Crippen molar-refractivity contribution < 1.29 is 31.8 Å². The standard InChI is InChI=1S/C27H23FN2O7S/c1-35-27(32)18-3-2-4-22(12-18)38(33,34)30(15-17-5-7-21(28)8-6-17)16-20-11-19-13-24-25(37-10-9-36-24)14-23(19)29-26(20)31/h2-8,11-14H,9-10,15-16H2,1H3,(H,29,31). The van der Waals surface area contributed by atoms with Gasteiger partial charge in [0.1, 0.15) is 19.0 Å². The lowest BCUT2D eigenvalue weighted by atomic mass is 10.1. The Morgan fingerprint density at radius 2 is 1.71 bits per heavy atom. The number of hydrogen-bond donors (Lipinski definition) is 1. The lowest BCUT2D eigenvalue weighted by Gasteiger charge is -2.23. The highest BCUT2D eigenvalue weighted by molar-refractivity contribution is 7.89. The van der Waals surface area contributed by atoms with Crippen LogP contribution in [0.5, 0.6) is 11.5 Å². The van der Waals surface area contributed by atoms with E-state index in [0.29, 0.717) is 41.2 Å². The van der Waals surface area contributed by atoms with Crippen molar-refractivity contribution in [1.82, 2.24) is 9.29 Å². The van der Waals surface area contributed by atoms with Crippen LogP contribution < -0.4 is 15.0 Å². The summed E-state index contributed by atoms with van der Waals surface area (Å²) in [6, 6.07) is 15.8. The Hall–Kier alpha value is -4.22. The second-order valence-electron chi connectivity index (χ2n) is 8.63. The van der Waals surface area contributed by atoms with Gasteiger partial charge in [0.2, 0.25) is 10.0 Å². The number of sulfonamides is 1. The maximum Gasteiger partial charge on any atom is 0.337 e. The van der Waals surface area contributed by atoms with Crippen molar-refractivity contribution >= 4 is 26.9 Å². The molecule has 1 N–H and O–H groups in total. The largest absolute Gasteiger partial charge is 0.486 e. The van der Waals surface area contributed by atoms with Crippen LogP contribution >= 0.6 is 0 Å². The Balaban J connectivity index is 1.56. The number of nitrogens with zero attached hydrogens (tertiary/aromatic N) is 1. The van der Waals surface area contributed by atoms with E-state index in [9.17, 15) is 22.4 Å². The van der Waals surface area contributed by atoms with Gasteiger partial charge in [0.15, 0.2) is 11.5 Å². The van der Waals surface area contributed by atoms with Crippen molar-refractivity contribution in [1.29, 1.82) is 0 Å². The van der Waals surface area contributed by atoms with Gasteiger partial charge in [-0.15, -0.1) is 0 Å². The quantitative estimate of drug-likeness (QED) is 0.358. The van der Waals surface area contributed by atoms with E-state index in [1.807, 2.05) is 0 Å². The number of hydrogen-bond acceptors (Lipinski definition) is 7. The van der Waals surface area contributed by atoms with E-state index < -0.39 is 27.4 Å². The van der Waals surface area contributed by atoms with E-state index in [-0.39, 0.29) is 29.1 Å². The predicted octanol–water partition coefficient (Wildman–Crippen LogP) is 3.62. The Bertz CT molecular complexity index is 1680. The first-order valence-electron chi connectivity index (χ1n) is 11.6. The summed E-state index contributed by atoms with van der Waals surface area (Å²) in [5, 5.41) is 0.635. The van der Waals surface area contributed by atoms with Gasteiger partial charge < -0.3 is 19.2 Å². The second kappa shape index (κ2) is 10.3. The third kappa shape index (κ3) is 5.11. The number of aromatic nitrogens is 1. The number of H-pyrrole nitrogens is 1. The number of halogens is 1. The first-order chi connectivity index (χ1) is 18.2. The summed E-state index contributed by atoms with van der Waals surface area (Å²) >= 11 is 0. The number of benzene rings is 3. The van der Waals surface area contributed by atoms with Gasteiger partial charge in [-0.25, -0.2) is 17.6 Å². The van der Waals surface area contributed by atoms with Crippen molar-refractivity contribution in [2.45, 2.75) is 18.0 Å². The molecule has 38 heavy (non-hydrogen) atoms. The molecule has 1 aliphatic heterocycles. The fourth-order valence-corrected chi connectivity index (χ4v) is 5.62. The Morgan fingerprint density at radius 3 is 2.42 bits per heavy atom. The molecule has 0 saturated carbocycles. The van der Waals surface area contributed by atoms with Crippen molar-refractivity contribution in [3.63, 3.8) is 0 Å². The van der Waals surface area contributed by atoms with Gasteiger partial charge in [0.05, 0.1) is 23.1 Å². The molecule has 0 fully saturated rings. The molecule has 0 atom stereocenters. The predicted molar refractivity (Wildman–Crippen MR) is 136 cm³/mol. The van der Waals surface area contributed by atoms with E-state index in [1.165, 1.54) is 55.6 Å². The van der Waals surface area contributed by atoms with Crippen LogP contribution in [0.2, 0.25) is 0 Å². The third-order valence-electron chi connectivity index (χ3n) is 6.10. The maximum atomic E-state index is 13.8. The summed E-state index contributed by atoms with van der Waals surface area (Å²) < 4.78 is 58.1. The van der Waals surface area contributed by atoms with Gasteiger partial charge >= 0.3 is 5.97 Å². The minimum absolute atomic E-state index is 0.0610. The monoisotopic (exact) mass is 538 g/mol. The lowest BCUT2D eigenvalue weighted by Crippen LogP contribution is -2.32. The molecule has 1 aliphatic rings. The number of pyridine rings is 1. The number of aromatic amines is 1. The number of esters is 1. The highest BCUT2D eigenvalue weighted by atomic mass is 32.2. The topological polar surface area (TPSA) is 115 Å². The smallest absolute Gasteiger partial charge is 0.337 e. The van der Waals surface area contributed by atoms with E-state index in [4.69, 9.17) is 14.2 Å². The van der Waals surface area contributed by atoms with Crippen LogP contribution in [0.15, 0.2) is 76.4 Å².